The molecule has 6 N–H and O–H groups in total. The van der Waals surface area contributed by atoms with Crippen LogP contribution in [0.5, 0.6) is 0 Å². The van der Waals surface area contributed by atoms with E-state index in [-0.39, 0.29) is 56.3 Å². The van der Waals surface area contributed by atoms with Gasteiger partial charge in [-0.15, -0.1) is 22.7 Å². The predicted molar refractivity (Wildman–Crippen MR) is 530 cm³/mol. The smallest absolute Gasteiger partial charge is 0.420 e. The number of fused-ring (bicyclic) bond motifs is 9. The Bertz CT molecular complexity index is 7940. The fraction of sp³-hybridized carbons (Fsp3) is 0.216. The van der Waals surface area contributed by atoms with Crippen molar-refractivity contribution in [2.45, 2.75) is 12.4 Å². The van der Waals surface area contributed by atoms with Gasteiger partial charge in [-0.2, -0.15) is 26.3 Å². The lowest BCUT2D eigenvalue weighted by Crippen LogP contribution is -2.43. The van der Waals surface area contributed by atoms with Crippen LogP contribution in [0.4, 0.5) is 60.5 Å². The molecule has 5 aliphatic heterocycles. The number of carbonyl (C=O) groups is 1. The lowest BCUT2D eigenvalue weighted by molar-refractivity contribution is -0.137. The molecule has 0 spiro atoms. The third kappa shape index (κ3) is 20.2. The first-order valence-corrected chi connectivity index (χ1v) is 46.9. The largest absolute Gasteiger partial charge is 0.436 e. The summed E-state index contributed by atoms with van der Waals surface area (Å²) in [7, 11) is 0. The number of hydrogen-bond donors (Lipinski definition) is 6. The van der Waals surface area contributed by atoms with Crippen molar-refractivity contribution in [1.29, 1.82) is 0 Å². The number of oxazole rings is 2. The standard InChI is InChI=1S/2C21H16F3N3O3.C20H16ClN3O2S.C20H19N3O3.C20H17N3O2S/c22-21(23,24)15-2-1-3-16-18(15)26-19(29-16)14-10-12-4-5-13(11-17(12)30-20(14)28)27-8-6-25-7-9-27;22-21(23,24)15-2-1-3-16-18(15)30-19(26-16)14-10-12-4-5-13(11-17(12)29-20(14)28)27-8-6-25-7-9-27;21-15-2-1-3-17-18(15)23-19(27-17)14-10-12-4-5-13(11-16(12)26-20(14)25)24-8-6-22-7-9-24;24-19(22-15-4-2-1-3-5-15)17-12-14-6-7-16(13-18(14)26-20(17)25)23-10-8-21-9-11-23;24-20-15(19-22-16-3-1-2-4-18(16)26-19)11-13-5-6-14(12-17(13)25-20)23-9-7-21-8-10-23/h2*1-5,10-11,25H,6-9H2;1-5,10-11,22H,6-9H2;1-7,12-13,21H,8-11H2,(H,22,24);1-6,11-12,21H,7-10H2. The highest BCUT2D eigenvalue weighted by Crippen LogP contribution is 2.41. The molecule has 10 aromatic carbocycles. The van der Waals surface area contributed by atoms with Crippen molar-refractivity contribution in [3.63, 3.8) is 0 Å². The van der Waals surface area contributed by atoms with Crippen molar-refractivity contribution in [3.05, 3.63) is 304 Å². The molecular formula is C102H84ClF6N15O13S2. The van der Waals surface area contributed by atoms with Crippen molar-refractivity contribution in [1.82, 2.24) is 46.5 Å². The lowest BCUT2D eigenvalue weighted by Gasteiger charge is -2.29. The van der Waals surface area contributed by atoms with Gasteiger partial charge in [0.2, 0.25) is 11.8 Å². The molecule has 1 amide bonds. The third-order valence-electron chi connectivity index (χ3n) is 24.3. The zero-order valence-corrected chi connectivity index (χ0v) is 76.3. The Morgan fingerprint density at radius 1 is 0.331 bits per heavy atom. The fourth-order valence-electron chi connectivity index (χ4n) is 17.2. The molecule has 139 heavy (non-hydrogen) atoms. The van der Waals surface area contributed by atoms with E-state index < -0.39 is 51.8 Å². The number of benzene rings is 10. The number of nitrogens with zero attached hydrogens (tertiary/aromatic N) is 9. The monoisotopic (exact) mass is 1940 g/mol. The first-order chi connectivity index (χ1) is 67.5. The molecule has 0 atom stereocenters. The zero-order valence-electron chi connectivity index (χ0n) is 73.9. The van der Waals surface area contributed by atoms with Crippen LogP contribution in [0.3, 0.4) is 0 Å². The number of carbonyl (C=O) groups excluding carboxylic acids is 1. The number of amides is 1. The Morgan fingerprint density at radius 3 is 1.14 bits per heavy atom. The van der Waals surface area contributed by atoms with Gasteiger partial charge in [-0.25, -0.2) is 43.9 Å². The van der Waals surface area contributed by atoms with Crippen molar-refractivity contribution in [2.24, 2.45) is 0 Å². The van der Waals surface area contributed by atoms with E-state index in [0.717, 1.165) is 203 Å². The van der Waals surface area contributed by atoms with E-state index in [1.165, 1.54) is 59.1 Å². The number of hydrogen-bond acceptors (Lipinski definition) is 29. The second kappa shape index (κ2) is 39.7. The van der Waals surface area contributed by atoms with Gasteiger partial charge < -0.3 is 87.3 Å². The molecule has 0 saturated carbocycles. The summed E-state index contributed by atoms with van der Waals surface area (Å²) in [5, 5.41) is 25.0. The molecule has 5 aliphatic rings. The molecule has 706 valence electrons. The highest BCUT2D eigenvalue weighted by molar-refractivity contribution is 7.22. The summed E-state index contributed by atoms with van der Waals surface area (Å²) in [6.07, 6.45) is -9.17. The predicted octanol–water partition coefficient (Wildman–Crippen LogP) is 18.1. The molecule has 0 bridgehead atoms. The Morgan fingerprint density at radius 2 is 0.698 bits per heavy atom. The summed E-state index contributed by atoms with van der Waals surface area (Å²) >= 11 is 9.17. The van der Waals surface area contributed by atoms with E-state index in [1.54, 1.807) is 36.4 Å². The van der Waals surface area contributed by atoms with Crippen LogP contribution in [0.25, 0.3) is 142 Å². The SMILES string of the molecule is O=C(Nc1ccccc1)c1cc2ccc(N3CCNCC3)cc2oc1=O.O=c1oc2cc(N3CCNCC3)ccc2cc1-c1nc2c(C(F)(F)F)cccc2o1.O=c1oc2cc(N3CCNCC3)ccc2cc1-c1nc2c(Cl)cccc2s1.O=c1oc2cc(N3CCNCC3)ccc2cc1-c1nc2cccc(C(F)(F)F)c2o1.O=c1oc2cc(N3CCNCC3)ccc2cc1-c1nc2ccccc2s1. The van der Waals surface area contributed by atoms with Crippen LogP contribution in [-0.2, 0) is 12.4 Å². The van der Waals surface area contributed by atoms with E-state index in [4.69, 9.17) is 42.5 Å². The number of rotatable bonds is 11. The lowest BCUT2D eigenvalue weighted by atomic mass is 10.1. The number of anilines is 6. The third-order valence-corrected chi connectivity index (χ3v) is 26.7. The Kier molecular flexibility index (Phi) is 26.2. The van der Waals surface area contributed by atoms with Crippen molar-refractivity contribution in [3.8, 4) is 44.1 Å². The molecule has 14 heterocycles. The van der Waals surface area contributed by atoms with Gasteiger partial charge in [0.25, 0.3) is 5.91 Å². The Balaban J connectivity index is 0.000000107. The van der Waals surface area contributed by atoms with Gasteiger partial charge >= 0.3 is 40.5 Å². The molecule has 0 unspecified atom stereocenters. The quantitative estimate of drug-likeness (QED) is 0.0517. The molecule has 19 aromatic rings. The summed E-state index contributed by atoms with van der Waals surface area (Å²) < 4.78 is 120. The Hall–Kier alpha value is -14.9. The van der Waals surface area contributed by atoms with Crippen LogP contribution >= 0.6 is 34.3 Å². The van der Waals surface area contributed by atoms with Gasteiger partial charge in [0.15, 0.2) is 11.2 Å². The summed E-state index contributed by atoms with van der Waals surface area (Å²) in [5.74, 6) is -0.884. The topological polar surface area (TPSA) is 334 Å². The van der Waals surface area contributed by atoms with Gasteiger partial charge in [0, 0.05) is 222 Å². The summed E-state index contributed by atoms with van der Waals surface area (Å²) in [4.78, 5) is 103. The van der Waals surface area contributed by atoms with Crippen molar-refractivity contribution in [2.75, 3.05) is 161 Å². The first kappa shape index (κ1) is 91.8. The second-order valence-electron chi connectivity index (χ2n) is 33.3. The molecule has 28 nitrogen and oxygen atoms in total. The van der Waals surface area contributed by atoms with Crippen molar-refractivity contribution >= 4 is 172 Å². The zero-order chi connectivity index (χ0) is 95.6. The number of thiazole rings is 2. The summed E-state index contributed by atoms with van der Waals surface area (Å²) in [6.45, 7) is 18.2. The molecule has 5 saturated heterocycles. The minimum absolute atomic E-state index is 0.00345. The maximum Gasteiger partial charge on any atom is 0.420 e. The molecule has 5 fully saturated rings. The van der Waals surface area contributed by atoms with Crippen LogP contribution < -0.4 is 84.5 Å². The number of piperazine rings is 5. The fourth-order valence-corrected chi connectivity index (χ4v) is 19.4. The van der Waals surface area contributed by atoms with E-state index in [1.807, 2.05) is 133 Å². The summed E-state index contributed by atoms with van der Waals surface area (Å²) in [5.41, 5.74) is 5.32. The molecular weight excluding hydrogens is 1860 g/mol. The Labute approximate surface area is 797 Å². The number of nitrogens with one attached hydrogen (secondary N) is 6. The summed E-state index contributed by atoms with van der Waals surface area (Å²) in [6, 6.07) is 66.9. The van der Waals surface area contributed by atoms with Gasteiger partial charge in [-0.1, -0.05) is 60.1 Å². The van der Waals surface area contributed by atoms with E-state index in [2.05, 4.69) is 88.5 Å². The minimum atomic E-state index is -4.59. The minimum Gasteiger partial charge on any atom is -0.436 e. The molecule has 9 aromatic heterocycles. The average molecular weight is 1940 g/mol. The van der Waals surface area contributed by atoms with E-state index in [9.17, 15) is 55.1 Å². The maximum atomic E-state index is 13.2. The maximum absolute atomic E-state index is 13.2. The molecule has 37 heteroatoms. The van der Waals surface area contributed by atoms with Crippen molar-refractivity contribution < 1.29 is 62.1 Å². The van der Waals surface area contributed by atoms with Crippen LogP contribution in [0.1, 0.15) is 21.5 Å². The number of halogens is 7. The van der Waals surface area contributed by atoms with Gasteiger partial charge in [-0.05, 0) is 152 Å². The van der Waals surface area contributed by atoms with E-state index >= 15 is 0 Å². The highest BCUT2D eigenvalue weighted by Gasteiger charge is 2.37. The van der Waals surface area contributed by atoms with Gasteiger partial charge in [0.1, 0.15) is 76.7 Å². The number of alkyl halides is 6. The first-order valence-electron chi connectivity index (χ1n) is 44.9. The van der Waals surface area contributed by atoms with E-state index in [0.29, 0.717) is 76.1 Å². The van der Waals surface area contributed by atoms with Gasteiger partial charge in [0.05, 0.1) is 36.6 Å². The second-order valence-corrected chi connectivity index (χ2v) is 35.8. The number of para-hydroxylation sites is 5. The van der Waals surface area contributed by atoms with Gasteiger partial charge in [-0.3, -0.25) is 4.79 Å². The van der Waals surface area contributed by atoms with Crippen LogP contribution in [0, 0.1) is 0 Å². The average Bonchev–Trinajstić information content (AvgIpc) is 1.69. The molecule has 0 aliphatic carbocycles. The normalized spacial score (nSPS) is 15.0. The van der Waals surface area contributed by atoms with Crippen LogP contribution in [0.2, 0.25) is 5.02 Å². The molecule has 0 radical (unpaired) electrons. The molecule has 24 rings (SSSR count). The number of aromatic nitrogens is 4. The highest BCUT2D eigenvalue weighted by atomic mass is 35.5. The van der Waals surface area contributed by atoms with Crippen LogP contribution in [0.15, 0.2) is 285 Å². The van der Waals surface area contributed by atoms with Crippen LogP contribution in [-0.4, -0.2) is 157 Å².